The highest BCUT2D eigenvalue weighted by atomic mass is 15.0. The molecule has 1 unspecified atom stereocenters. The molecule has 0 aliphatic heterocycles. The molecule has 5 aromatic rings. The van der Waals surface area contributed by atoms with E-state index in [1.54, 1.807) is 0 Å². The zero-order valence-corrected chi connectivity index (χ0v) is 17.5. The number of aromatic amines is 1. The van der Waals surface area contributed by atoms with Gasteiger partial charge in [-0.15, -0.1) is 0 Å². The largest absolute Gasteiger partial charge is 0.357 e. The quantitative estimate of drug-likeness (QED) is 0.391. The smallest absolute Gasteiger partial charge is 0.0961 e. The van der Waals surface area contributed by atoms with E-state index in [0.717, 1.165) is 18.6 Å². The van der Waals surface area contributed by atoms with Crippen LogP contribution in [0.1, 0.15) is 41.3 Å². The van der Waals surface area contributed by atoms with Crippen molar-refractivity contribution in [2.75, 3.05) is 0 Å². The number of nitrogens with one attached hydrogen (secondary N) is 2. The lowest BCUT2D eigenvalue weighted by Crippen LogP contribution is -2.24. The van der Waals surface area contributed by atoms with Crippen molar-refractivity contribution in [3.8, 4) is 0 Å². The Morgan fingerprint density at radius 1 is 0.968 bits per heavy atom. The zero-order valence-electron chi connectivity index (χ0n) is 17.5. The molecular weight excluding hydrogens is 380 g/mol. The minimum absolute atomic E-state index is 0.386. The number of H-pyrrole nitrogens is 1. The summed E-state index contributed by atoms with van der Waals surface area (Å²) in [5.41, 5.74) is 9.00. The number of hydrogen-bond donors (Lipinski definition) is 2. The summed E-state index contributed by atoms with van der Waals surface area (Å²) in [7, 11) is 0. The highest BCUT2D eigenvalue weighted by molar-refractivity contribution is 5.85. The van der Waals surface area contributed by atoms with Gasteiger partial charge >= 0.3 is 0 Å². The summed E-state index contributed by atoms with van der Waals surface area (Å²) < 4.78 is 2.22. The molecule has 1 aliphatic carbocycles. The number of rotatable bonds is 5. The van der Waals surface area contributed by atoms with E-state index in [9.17, 15) is 0 Å². The Morgan fingerprint density at radius 2 is 1.84 bits per heavy atom. The van der Waals surface area contributed by atoms with Crippen LogP contribution in [-0.4, -0.2) is 14.5 Å². The van der Waals surface area contributed by atoms with Gasteiger partial charge in [0.2, 0.25) is 0 Å². The first-order valence-electron chi connectivity index (χ1n) is 11.2. The normalized spacial score (nSPS) is 16.1. The SMILES string of the molecule is c1cc(CNC2CCCc3c2[nH]c2ccccc32)cc(Cn2cnc3ccccc32)c1. The van der Waals surface area contributed by atoms with Crippen LogP contribution in [0.2, 0.25) is 0 Å². The molecule has 0 bridgehead atoms. The Labute approximate surface area is 181 Å². The summed E-state index contributed by atoms with van der Waals surface area (Å²) in [4.78, 5) is 8.21. The number of imidazole rings is 1. The van der Waals surface area contributed by atoms with E-state index < -0.39 is 0 Å². The Morgan fingerprint density at radius 3 is 2.84 bits per heavy atom. The fraction of sp³-hybridized carbons (Fsp3) is 0.222. The van der Waals surface area contributed by atoms with Crippen molar-refractivity contribution in [2.24, 2.45) is 0 Å². The minimum Gasteiger partial charge on any atom is -0.357 e. The van der Waals surface area contributed by atoms with Crippen molar-refractivity contribution in [3.05, 3.63) is 102 Å². The van der Waals surface area contributed by atoms with Gasteiger partial charge in [0.05, 0.1) is 17.4 Å². The zero-order chi connectivity index (χ0) is 20.6. The molecule has 2 N–H and O–H groups in total. The molecule has 31 heavy (non-hydrogen) atoms. The summed E-state index contributed by atoms with van der Waals surface area (Å²) in [5, 5.41) is 5.21. The van der Waals surface area contributed by atoms with Gasteiger partial charge in [0.15, 0.2) is 0 Å². The molecule has 2 heterocycles. The summed E-state index contributed by atoms with van der Waals surface area (Å²) in [6.07, 6.45) is 5.53. The van der Waals surface area contributed by atoms with Crippen LogP contribution in [0.15, 0.2) is 79.1 Å². The maximum absolute atomic E-state index is 4.52. The summed E-state index contributed by atoms with van der Waals surface area (Å²) >= 11 is 0. The molecule has 1 aliphatic rings. The molecule has 1 atom stereocenters. The van der Waals surface area contributed by atoms with Crippen LogP contribution in [0.5, 0.6) is 0 Å². The molecule has 0 radical (unpaired) electrons. The summed E-state index contributed by atoms with van der Waals surface area (Å²) in [6.45, 7) is 1.71. The molecule has 0 saturated heterocycles. The lowest BCUT2D eigenvalue weighted by molar-refractivity contribution is 0.452. The molecule has 3 aromatic carbocycles. The third-order valence-electron chi connectivity index (χ3n) is 6.54. The van der Waals surface area contributed by atoms with E-state index in [0.29, 0.717) is 6.04 Å². The molecule has 154 valence electrons. The van der Waals surface area contributed by atoms with Gasteiger partial charge in [-0.1, -0.05) is 54.6 Å². The first-order valence-corrected chi connectivity index (χ1v) is 11.2. The van der Waals surface area contributed by atoms with Gasteiger partial charge < -0.3 is 14.9 Å². The van der Waals surface area contributed by atoms with Crippen molar-refractivity contribution in [1.29, 1.82) is 0 Å². The fourth-order valence-electron chi connectivity index (χ4n) is 5.03. The monoisotopic (exact) mass is 406 g/mol. The Kier molecular flexibility index (Phi) is 4.58. The van der Waals surface area contributed by atoms with Crippen LogP contribution >= 0.6 is 0 Å². The first kappa shape index (κ1) is 18.4. The third kappa shape index (κ3) is 3.43. The lowest BCUT2D eigenvalue weighted by Gasteiger charge is -2.24. The molecule has 2 aromatic heterocycles. The third-order valence-corrected chi connectivity index (χ3v) is 6.54. The van der Waals surface area contributed by atoms with Crippen LogP contribution in [0.25, 0.3) is 21.9 Å². The van der Waals surface area contributed by atoms with Crippen LogP contribution < -0.4 is 5.32 Å². The average molecular weight is 407 g/mol. The van der Waals surface area contributed by atoms with Gasteiger partial charge in [-0.2, -0.15) is 0 Å². The Hall–Kier alpha value is -3.37. The Balaban J connectivity index is 1.20. The van der Waals surface area contributed by atoms with Crippen molar-refractivity contribution < 1.29 is 0 Å². The predicted octanol–water partition coefficient (Wildman–Crippen LogP) is 5.73. The van der Waals surface area contributed by atoms with Crippen molar-refractivity contribution >= 4 is 21.9 Å². The van der Waals surface area contributed by atoms with Crippen LogP contribution in [0, 0.1) is 0 Å². The second-order valence-electron chi connectivity index (χ2n) is 8.57. The molecule has 0 amide bonds. The second kappa shape index (κ2) is 7.71. The van der Waals surface area contributed by atoms with Gasteiger partial charge in [-0.3, -0.25) is 0 Å². The predicted molar refractivity (Wildman–Crippen MR) is 126 cm³/mol. The second-order valence-corrected chi connectivity index (χ2v) is 8.57. The maximum atomic E-state index is 4.52. The van der Waals surface area contributed by atoms with Gasteiger partial charge in [0.1, 0.15) is 0 Å². The van der Waals surface area contributed by atoms with Crippen LogP contribution in [0.4, 0.5) is 0 Å². The van der Waals surface area contributed by atoms with Crippen molar-refractivity contribution in [2.45, 2.75) is 38.4 Å². The van der Waals surface area contributed by atoms with E-state index >= 15 is 0 Å². The summed E-state index contributed by atoms with van der Waals surface area (Å²) in [5.74, 6) is 0. The maximum Gasteiger partial charge on any atom is 0.0961 e. The standard InChI is InChI=1S/C27H26N4/c1-2-11-23-21(9-1)22-10-6-13-25(27(22)30-23)28-16-19-7-5-8-20(15-19)17-31-18-29-24-12-3-4-14-26(24)31/h1-5,7-9,11-12,14-15,18,25,28,30H,6,10,13,16-17H2. The van der Waals surface area contributed by atoms with E-state index in [4.69, 9.17) is 0 Å². The van der Waals surface area contributed by atoms with E-state index in [2.05, 4.69) is 86.6 Å². The molecule has 4 heteroatoms. The van der Waals surface area contributed by atoms with Crippen LogP contribution in [-0.2, 0) is 19.5 Å². The van der Waals surface area contributed by atoms with Crippen molar-refractivity contribution in [3.63, 3.8) is 0 Å². The van der Waals surface area contributed by atoms with E-state index in [1.807, 2.05) is 12.4 Å². The number of hydrogen-bond acceptors (Lipinski definition) is 2. The highest BCUT2D eigenvalue weighted by Crippen LogP contribution is 2.34. The van der Waals surface area contributed by atoms with E-state index in [1.165, 1.54) is 58.1 Å². The van der Waals surface area contributed by atoms with Gasteiger partial charge in [-0.05, 0) is 54.2 Å². The molecular formula is C27H26N4. The first-order chi connectivity index (χ1) is 15.3. The van der Waals surface area contributed by atoms with Crippen molar-refractivity contribution in [1.82, 2.24) is 19.9 Å². The number of aromatic nitrogens is 3. The highest BCUT2D eigenvalue weighted by Gasteiger charge is 2.23. The van der Waals surface area contributed by atoms with Gasteiger partial charge in [-0.25, -0.2) is 4.98 Å². The van der Waals surface area contributed by atoms with Gasteiger partial charge in [0, 0.05) is 35.7 Å². The molecule has 0 fully saturated rings. The Bertz CT molecular complexity index is 1360. The van der Waals surface area contributed by atoms with Gasteiger partial charge in [0.25, 0.3) is 0 Å². The lowest BCUT2D eigenvalue weighted by atomic mass is 9.91. The molecule has 6 rings (SSSR count). The topological polar surface area (TPSA) is 45.6 Å². The number of fused-ring (bicyclic) bond motifs is 4. The summed E-state index contributed by atoms with van der Waals surface area (Å²) in [6, 6.07) is 26.3. The number of benzene rings is 3. The molecule has 0 saturated carbocycles. The minimum atomic E-state index is 0.386. The molecule has 0 spiro atoms. The van der Waals surface area contributed by atoms with E-state index in [-0.39, 0.29) is 0 Å². The number of nitrogens with zero attached hydrogens (tertiary/aromatic N) is 2. The molecule has 4 nitrogen and oxygen atoms in total. The average Bonchev–Trinajstić information content (AvgIpc) is 3.40. The number of aryl methyl sites for hydroxylation is 1. The number of para-hydroxylation sites is 3. The van der Waals surface area contributed by atoms with Crippen LogP contribution in [0.3, 0.4) is 0 Å². The fourth-order valence-corrected chi connectivity index (χ4v) is 5.03.